The number of esters is 1. The van der Waals surface area contributed by atoms with Gasteiger partial charge in [0.15, 0.2) is 6.10 Å². The molecule has 1 aliphatic carbocycles. The molecule has 0 radical (unpaired) electrons. The number of hydrogen-bond acceptors (Lipinski definition) is 15. The predicted molar refractivity (Wildman–Crippen MR) is 355 cm³/mol. The summed E-state index contributed by atoms with van der Waals surface area (Å²) in [5.74, 6) is -5.34. The van der Waals surface area contributed by atoms with E-state index < -0.39 is 95.3 Å². The first-order chi connectivity index (χ1) is 44.2. The molecule has 508 valence electrons. The van der Waals surface area contributed by atoms with Crippen molar-refractivity contribution in [3.8, 4) is 11.1 Å². The smallest absolute Gasteiger partial charge is 0.407 e. The molecule has 0 unspecified atom stereocenters. The van der Waals surface area contributed by atoms with E-state index in [0.29, 0.717) is 30.5 Å². The number of likely N-dealkylation sites (tertiary alicyclic amines) is 1. The van der Waals surface area contributed by atoms with E-state index in [0.717, 1.165) is 65.8 Å². The van der Waals surface area contributed by atoms with Crippen molar-refractivity contribution in [3.05, 3.63) is 106 Å². The van der Waals surface area contributed by atoms with Gasteiger partial charge in [0, 0.05) is 42.9 Å². The van der Waals surface area contributed by atoms with Gasteiger partial charge in [-0.25, -0.2) is 19.6 Å². The summed E-state index contributed by atoms with van der Waals surface area (Å²) in [7, 11) is 1.92. The molecule has 3 aromatic carbocycles. The van der Waals surface area contributed by atoms with Crippen LogP contribution < -0.4 is 37.6 Å². The number of ether oxygens (including phenoxy) is 2. The molecule has 1 saturated heterocycles. The maximum atomic E-state index is 15.0. The Balaban J connectivity index is 1.15. The number of carbonyl (C=O) groups is 9. The maximum absolute atomic E-state index is 15.0. The van der Waals surface area contributed by atoms with Gasteiger partial charge in [0.2, 0.25) is 17.7 Å². The first kappa shape index (κ1) is 74.1. The van der Waals surface area contributed by atoms with Gasteiger partial charge in [-0.05, 0) is 130 Å². The number of nitrogens with one attached hydrogen (secondary N) is 6. The number of likely N-dealkylation sites (N-methyl/N-ethyl adjacent to an activating group) is 1. The van der Waals surface area contributed by atoms with Gasteiger partial charge in [0.05, 0.1) is 24.1 Å². The van der Waals surface area contributed by atoms with E-state index in [4.69, 9.17) is 25.0 Å². The van der Waals surface area contributed by atoms with Gasteiger partial charge >= 0.3 is 24.1 Å². The van der Waals surface area contributed by atoms with E-state index in [1.165, 1.54) is 17.4 Å². The fourth-order valence-electron chi connectivity index (χ4n) is 11.8. The van der Waals surface area contributed by atoms with Crippen LogP contribution in [-0.4, -0.2) is 143 Å². The maximum Gasteiger partial charge on any atom is 0.407 e. The fraction of sp³-hybridized carbons (Fsp3) is 0.565. The number of rotatable bonds is 35. The number of anilines is 1. The van der Waals surface area contributed by atoms with Gasteiger partial charge < -0.3 is 52.2 Å². The zero-order valence-corrected chi connectivity index (χ0v) is 56.7. The Hall–Kier alpha value is -7.96. The van der Waals surface area contributed by atoms with E-state index in [2.05, 4.69) is 38.8 Å². The number of carboxylic acids is 1. The zero-order valence-electron chi connectivity index (χ0n) is 55.8. The Morgan fingerprint density at radius 1 is 0.817 bits per heavy atom. The Labute approximate surface area is 551 Å². The number of aliphatic carboxylic acids is 1. The number of nitrogens with zero attached hydrogens (tertiary/aromatic N) is 3. The molecule has 0 bridgehead atoms. The Kier molecular flexibility index (Phi) is 28.2. The van der Waals surface area contributed by atoms with Crippen molar-refractivity contribution in [3.63, 3.8) is 0 Å². The summed E-state index contributed by atoms with van der Waals surface area (Å²) in [5.41, 5.74) is 9.18. The number of hydroxylamine groups is 2. The lowest BCUT2D eigenvalue weighted by Gasteiger charge is -2.39. The van der Waals surface area contributed by atoms with Crippen LogP contribution >= 0.6 is 11.3 Å². The van der Waals surface area contributed by atoms with Crippen molar-refractivity contribution in [1.29, 1.82) is 0 Å². The minimum absolute atomic E-state index is 0.00716. The van der Waals surface area contributed by atoms with Crippen LogP contribution in [0.15, 0.2) is 78.2 Å². The highest BCUT2D eigenvalue weighted by Gasteiger charge is 2.41. The molecule has 0 spiro atoms. The molecule has 23 nitrogen and oxygen atoms in total. The third-order valence-corrected chi connectivity index (χ3v) is 18.4. The van der Waals surface area contributed by atoms with Crippen LogP contribution in [0.3, 0.4) is 0 Å². The number of thiazole rings is 1. The van der Waals surface area contributed by atoms with Gasteiger partial charge in [0.25, 0.3) is 11.8 Å². The molecule has 93 heavy (non-hydrogen) atoms. The molecule has 6 rings (SSSR count). The number of unbranched alkanes of at least 4 members (excludes halogenated alkanes) is 2. The number of amides is 8. The number of benzene rings is 3. The number of alkyl carbamates (subject to hydrolysis) is 1. The van der Waals surface area contributed by atoms with Crippen molar-refractivity contribution >= 4 is 70.6 Å². The van der Waals surface area contributed by atoms with E-state index in [1.54, 1.807) is 52.0 Å². The van der Waals surface area contributed by atoms with Gasteiger partial charge in [0.1, 0.15) is 35.4 Å². The van der Waals surface area contributed by atoms with Crippen LogP contribution in [0.2, 0.25) is 0 Å². The van der Waals surface area contributed by atoms with Crippen LogP contribution in [0.5, 0.6) is 0 Å². The molecule has 24 heteroatoms. The number of fused-ring (bicyclic) bond motifs is 3. The average molecular weight is 1310 g/mol. The molecule has 1 aliphatic heterocycles. The van der Waals surface area contributed by atoms with Crippen molar-refractivity contribution < 1.29 is 62.6 Å². The summed E-state index contributed by atoms with van der Waals surface area (Å²) in [6.07, 6.45) is 4.26. The van der Waals surface area contributed by atoms with Gasteiger partial charge in [-0.15, -0.1) is 11.3 Å². The molecule has 2 heterocycles. The van der Waals surface area contributed by atoms with E-state index in [9.17, 15) is 48.3 Å². The second kappa shape index (κ2) is 35.3. The number of nitrogens with two attached hydrogens (primary N) is 1. The zero-order chi connectivity index (χ0) is 68.1. The number of primary amides is 1. The van der Waals surface area contributed by atoms with Crippen LogP contribution in [0.1, 0.15) is 184 Å². The summed E-state index contributed by atoms with van der Waals surface area (Å²) < 4.78 is 11.7. The molecule has 9 N–H and O–H groups in total. The number of carboxylic acid groups (broad SMARTS) is 1. The van der Waals surface area contributed by atoms with Crippen molar-refractivity contribution in [1.82, 2.24) is 41.5 Å². The fourth-order valence-corrected chi connectivity index (χ4v) is 12.7. The topological polar surface area (TPSA) is 319 Å². The quantitative estimate of drug-likeness (QED) is 0.0121. The highest BCUT2D eigenvalue weighted by atomic mass is 32.1. The van der Waals surface area contributed by atoms with E-state index >= 15 is 0 Å². The Morgan fingerprint density at radius 3 is 2.08 bits per heavy atom. The van der Waals surface area contributed by atoms with Crippen LogP contribution in [0, 0.1) is 23.2 Å². The third kappa shape index (κ3) is 21.3. The molecule has 8 atom stereocenters. The lowest BCUT2D eigenvalue weighted by atomic mass is 9.84. The van der Waals surface area contributed by atoms with Crippen molar-refractivity contribution in [2.75, 3.05) is 38.7 Å². The third-order valence-electron chi connectivity index (χ3n) is 17.5. The number of piperidine rings is 1. The number of hydrogen-bond donors (Lipinski definition) is 8. The molecule has 1 fully saturated rings. The van der Waals surface area contributed by atoms with E-state index in [-0.39, 0.29) is 92.3 Å². The summed E-state index contributed by atoms with van der Waals surface area (Å²) in [4.78, 5) is 135. The second-order valence-corrected chi connectivity index (χ2v) is 26.8. The molecule has 2 aliphatic rings. The molecular formula is C69H98N10O13S. The average Bonchev–Trinajstić information content (AvgIpc) is 1.65. The van der Waals surface area contributed by atoms with Crippen LogP contribution in [0.4, 0.5) is 15.3 Å². The number of urea groups is 1. The Morgan fingerprint density at radius 2 is 1.48 bits per heavy atom. The van der Waals surface area contributed by atoms with Crippen molar-refractivity contribution in [2.45, 2.75) is 195 Å². The SMILES string of the molecule is CCCCCON(C(=O)[C@@H](NC(=O)[C@H]1CCCCN1C)[C@@H](C)CC)[C@H](C[C@@H](OC(C)=O)c1nc(C(=O)N[C@@H](Cc2ccc(NC(=O)[C@H](CCCNC(N)=O)NC(=O)[C@@H](NC(=O)OCC3c4ccccc4-c4ccccc43)C(C)C)cc2)CC(C)(C)C(=O)O)cs1)C(C)C. The minimum atomic E-state index is -1.30. The summed E-state index contributed by atoms with van der Waals surface area (Å²) in [6, 6.07) is 16.8. The summed E-state index contributed by atoms with van der Waals surface area (Å²) in [6.45, 7) is 18.8. The van der Waals surface area contributed by atoms with E-state index in [1.807, 2.05) is 88.2 Å². The molecule has 8 amide bonds. The minimum Gasteiger partial charge on any atom is -0.481 e. The molecule has 1 aromatic heterocycles. The number of aromatic nitrogens is 1. The normalized spacial score (nSPS) is 16.2. The largest absolute Gasteiger partial charge is 0.481 e. The van der Waals surface area contributed by atoms with Gasteiger partial charge in [-0.3, -0.25) is 43.3 Å². The summed E-state index contributed by atoms with van der Waals surface area (Å²) >= 11 is 1.09. The lowest BCUT2D eigenvalue weighted by Crippen LogP contribution is -2.58. The molecule has 0 saturated carbocycles. The molecular weight excluding hydrogens is 1210 g/mol. The lowest BCUT2D eigenvalue weighted by molar-refractivity contribution is -0.213. The van der Waals surface area contributed by atoms with Gasteiger partial charge in [-0.2, -0.15) is 0 Å². The first-order valence-electron chi connectivity index (χ1n) is 32.7. The second-order valence-electron chi connectivity index (χ2n) is 25.9. The van der Waals surface area contributed by atoms with Crippen LogP contribution in [-0.2, 0) is 49.5 Å². The first-order valence-corrected chi connectivity index (χ1v) is 33.6. The monoisotopic (exact) mass is 1310 g/mol. The number of carbonyl (C=O) groups excluding carboxylic acids is 8. The van der Waals surface area contributed by atoms with Crippen molar-refractivity contribution in [2.24, 2.45) is 28.9 Å². The molecule has 4 aromatic rings. The summed E-state index contributed by atoms with van der Waals surface area (Å²) in [5, 5.41) is 30.4. The highest BCUT2D eigenvalue weighted by molar-refractivity contribution is 7.09. The van der Waals surface area contributed by atoms with Gasteiger partial charge in [-0.1, -0.05) is 135 Å². The predicted octanol–water partition coefficient (Wildman–Crippen LogP) is 9.40. The highest BCUT2D eigenvalue weighted by Crippen LogP contribution is 2.44. The van der Waals surface area contributed by atoms with Crippen LogP contribution in [0.25, 0.3) is 11.1 Å². The standard InChI is InChI=1S/C69H98N10O13S/c1-12-14-21-35-91-79(65(85)59(43(7)13-2)76-62(83)55-28-19-20-34-78(55)11)56(41(3)4)37-57(92-44(8)80)64-75-54(40-93-64)61(82)73-47(38-69(9,10)66(86)87)36-45-29-31-46(32-30-45)72-60(81)53(27-22-33-71-67(70)88)74-63(84)58(42(5)6)77-68(89)90-39-52-50-25-17-15-23-48(50)49-24-16-18-26-51(49)52/h15-18,23-26,29-32,40-43,47,52-53,55-59H,12-14,19-22,27-28,33-39H2,1-11H3,(H,72,81)(H,73,82)(H,74,84)(H,76,83)(H,77,89)(H,86,87)(H3,70,71,88)/t43-,47-,53-,55+,56+,57+,58-,59-/m0/s1. The Bertz CT molecular complexity index is 3150.